The van der Waals surface area contributed by atoms with E-state index in [0.29, 0.717) is 31.0 Å². The van der Waals surface area contributed by atoms with E-state index in [4.69, 9.17) is 4.52 Å². The molecule has 1 aliphatic heterocycles. The van der Waals surface area contributed by atoms with Crippen LogP contribution in [0.5, 0.6) is 0 Å². The molecule has 0 aliphatic carbocycles. The standard InChI is InChI=1S/C18H22N4O3/c1-18(2,3)17-21-16(25-22-17)9-8-14(23)19-12-5-6-13-11(10-12)4-7-15(24)20-13/h5-6,10H,4,7-9H2,1-3H3,(H,19,23)(H,20,24). The number of aromatic nitrogens is 2. The molecule has 0 fully saturated rings. The zero-order chi connectivity index (χ0) is 18.0. The number of hydrogen-bond acceptors (Lipinski definition) is 5. The molecule has 2 aromatic rings. The first-order valence-corrected chi connectivity index (χ1v) is 8.37. The van der Waals surface area contributed by atoms with E-state index >= 15 is 0 Å². The van der Waals surface area contributed by atoms with E-state index < -0.39 is 0 Å². The summed E-state index contributed by atoms with van der Waals surface area (Å²) in [5.74, 6) is 1.02. The number of carbonyl (C=O) groups excluding carboxylic acids is 2. The first-order valence-electron chi connectivity index (χ1n) is 8.37. The van der Waals surface area contributed by atoms with Crippen molar-refractivity contribution < 1.29 is 14.1 Å². The molecule has 0 saturated heterocycles. The normalized spacial score (nSPS) is 14.0. The minimum absolute atomic E-state index is 0.0264. The fourth-order valence-electron chi connectivity index (χ4n) is 2.57. The summed E-state index contributed by atoms with van der Waals surface area (Å²) in [5, 5.41) is 9.64. The highest BCUT2D eigenvalue weighted by molar-refractivity contribution is 5.95. The summed E-state index contributed by atoms with van der Waals surface area (Å²) in [6, 6.07) is 5.50. The van der Waals surface area contributed by atoms with Gasteiger partial charge in [0.15, 0.2) is 5.82 Å². The molecule has 0 bridgehead atoms. The Hall–Kier alpha value is -2.70. The van der Waals surface area contributed by atoms with Crippen molar-refractivity contribution in [1.29, 1.82) is 0 Å². The Morgan fingerprint density at radius 2 is 2.12 bits per heavy atom. The molecule has 1 aliphatic rings. The van der Waals surface area contributed by atoms with Crippen molar-refractivity contribution in [1.82, 2.24) is 10.1 Å². The second kappa shape index (κ2) is 6.66. The predicted octanol–water partition coefficient (Wildman–Crippen LogP) is 2.82. The molecule has 132 valence electrons. The third-order valence-electron chi connectivity index (χ3n) is 3.99. The number of anilines is 2. The Kier molecular flexibility index (Phi) is 4.57. The van der Waals surface area contributed by atoms with Crippen LogP contribution in [0.2, 0.25) is 0 Å². The number of rotatable bonds is 4. The zero-order valence-electron chi connectivity index (χ0n) is 14.7. The van der Waals surface area contributed by atoms with Crippen LogP contribution in [0.1, 0.15) is 50.9 Å². The highest BCUT2D eigenvalue weighted by Crippen LogP contribution is 2.25. The Morgan fingerprint density at radius 1 is 1.32 bits per heavy atom. The summed E-state index contributed by atoms with van der Waals surface area (Å²) < 4.78 is 5.19. The highest BCUT2D eigenvalue weighted by Gasteiger charge is 2.21. The van der Waals surface area contributed by atoms with E-state index in [1.807, 2.05) is 32.9 Å². The molecule has 7 heteroatoms. The molecule has 1 aromatic carbocycles. The maximum Gasteiger partial charge on any atom is 0.227 e. The topological polar surface area (TPSA) is 97.1 Å². The predicted molar refractivity (Wildman–Crippen MR) is 93.3 cm³/mol. The fraction of sp³-hybridized carbons (Fsp3) is 0.444. The van der Waals surface area contributed by atoms with Crippen LogP contribution in [0.4, 0.5) is 11.4 Å². The van der Waals surface area contributed by atoms with Gasteiger partial charge in [-0.1, -0.05) is 25.9 Å². The van der Waals surface area contributed by atoms with Crippen LogP contribution in [-0.4, -0.2) is 22.0 Å². The zero-order valence-corrected chi connectivity index (χ0v) is 14.7. The third-order valence-corrected chi connectivity index (χ3v) is 3.99. The molecule has 2 N–H and O–H groups in total. The van der Waals surface area contributed by atoms with Gasteiger partial charge in [-0.05, 0) is 30.2 Å². The quantitative estimate of drug-likeness (QED) is 0.890. The maximum absolute atomic E-state index is 12.1. The van der Waals surface area contributed by atoms with Crippen LogP contribution in [0.3, 0.4) is 0 Å². The van der Waals surface area contributed by atoms with Crippen LogP contribution in [0, 0.1) is 0 Å². The molecule has 0 radical (unpaired) electrons. The van der Waals surface area contributed by atoms with Gasteiger partial charge in [0.05, 0.1) is 0 Å². The van der Waals surface area contributed by atoms with Crippen LogP contribution >= 0.6 is 0 Å². The number of carbonyl (C=O) groups is 2. The summed E-state index contributed by atoms with van der Waals surface area (Å²) in [4.78, 5) is 27.8. The second-order valence-electron chi connectivity index (χ2n) is 7.23. The molecule has 25 heavy (non-hydrogen) atoms. The Labute approximate surface area is 146 Å². The monoisotopic (exact) mass is 342 g/mol. The van der Waals surface area contributed by atoms with Crippen LogP contribution in [-0.2, 0) is 27.8 Å². The SMILES string of the molecule is CC(C)(C)c1noc(CCC(=O)Nc2ccc3c(c2)CCC(=O)N3)n1. The Morgan fingerprint density at radius 3 is 2.84 bits per heavy atom. The summed E-state index contributed by atoms with van der Waals surface area (Å²) in [5.41, 5.74) is 2.39. The van der Waals surface area contributed by atoms with Crippen molar-refractivity contribution in [3.63, 3.8) is 0 Å². The number of amides is 2. The van der Waals surface area contributed by atoms with E-state index in [2.05, 4.69) is 20.8 Å². The number of benzene rings is 1. The van der Waals surface area contributed by atoms with Gasteiger partial charge in [0.2, 0.25) is 17.7 Å². The molecule has 3 rings (SSSR count). The van der Waals surface area contributed by atoms with E-state index in [1.54, 1.807) is 6.07 Å². The Bertz CT molecular complexity index is 805. The largest absolute Gasteiger partial charge is 0.339 e. The summed E-state index contributed by atoms with van der Waals surface area (Å²) in [6.45, 7) is 6.02. The molecule has 0 spiro atoms. The van der Waals surface area contributed by atoms with Gasteiger partial charge in [-0.3, -0.25) is 9.59 Å². The van der Waals surface area contributed by atoms with Crippen molar-refractivity contribution in [3.8, 4) is 0 Å². The van der Waals surface area contributed by atoms with Gasteiger partial charge in [-0.25, -0.2) is 0 Å². The van der Waals surface area contributed by atoms with Gasteiger partial charge in [-0.2, -0.15) is 4.98 Å². The lowest BCUT2D eigenvalue weighted by Crippen LogP contribution is -2.19. The highest BCUT2D eigenvalue weighted by atomic mass is 16.5. The van der Waals surface area contributed by atoms with Gasteiger partial charge in [-0.15, -0.1) is 0 Å². The Balaban J connectivity index is 1.56. The third kappa shape index (κ3) is 4.23. The van der Waals surface area contributed by atoms with Gasteiger partial charge < -0.3 is 15.2 Å². The molecular weight excluding hydrogens is 320 g/mol. The average molecular weight is 342 g/mol. The minimum Gasteiger partial charge on any atom is -0.339 e. The lowest BCUT2D eigenvalue weighted by Gasteiger charge is -2.17. The molecule has 1 aromatic heterocycles. The first-order chi connectivity index (χ1) is 11.8. The molecule has 0 unspecified atom stereocenters. The van der Waals surface area contributed by atoms with Crippen LogP contribution in [0.25, 0.3) is 0 Å². The lowest BCUT2D eigenvalue weighted by molar-refractivity contribution is -0.117. The van der Waals surface area contributed by atoms with Gasteiger partial charge in [0, 0.05) is 36.1 Å². The van der Waals surface area contributed by atoms with Crippen molar-refractivity contribution in [2.45, 2.75) is 51.9 Å². The van der Waals surface area contributed by atoms with Gasteiger partial charge >= 0.3 is 0 Å². The van der Waals surface area contributed by atoms with Crippen molar-refractivity contribution >= 4 is 23.2 Å². The number of fused-ring (bicyclic) bond motifs is 1. The van der Waals surface area contributed by atoms with Gasteiger partial charge in [0.25, 0.3) is 0 Å². The lowest BCUT2D eigenvalue weighted by atomic mass is 9.96. The second-order valence-corrected chi connectivity index (χ2v) is 7.23. The minimum atomic E-state index is -0.178. The smallest absolute Gasteiger partial charge is 0.227 e. The fourth-order valence-corrected chi connectivity index (χ4v) is 2.57. The molecule has 2 heterocycles. The van der Waals surface area contributed by atoms with Crippen LogP contribution < -0.4 is 10.6 Å². The number of nitrogens with one attached hydrogen (secondary N) is 2. The number of hydrogen-bond donors (Lipinski definition) is 2. The number of aryl methyl sites for hydroxylation is 2. The summed E-state index contributed by atoms with van der Waals surface area (Å²) in [6.07, 6.45) is 1.82. The van der Waals surface area contributed by atoms with E-state index in [0.717, 1.165) is 16.9 Å². The molecule has 0 atom stereocenters. The van der Waals surface area contributed by atoms with Crippen molar-refractivity contribution in [3.05, 3.63) is 35.5 Å². The molecule has 0 saturated carbocycles. The molecular formula is C18H22N4O3. The number of nitrogens with zero attached hydrogens (tertiary/aromatic N) is 2. The summed E-state index contributed by atoms with van der Waals surface area (Å²) >= 11 is 0. The molecule has 2 amide bonds. The average Bonchev–Trinajstić information content (AvgIpc) is 3.02. The van der Waals surface area contributed by atoms with Crippen molar-refractivity contribution in [2.75, 3.05) is 10.6 Å². The van der Waals surface area contributed by atoms with Gasteiger partial charge in [0.1, 0.15) is 0 Å². The molecule has 7 nitrogen and oxygen atoms in total. The van der Waals surface area contributed by atoms with Crippen molar-refractivity contribution in [2.24, 2.45) is 0 Å². The summed E-state index contributed by atoms with van der Waals surface area (Å²) in [7, 11) is 0. The first kappa shape index (κ1) is 17.1. The maximum atomic E-state index is 12.1. The van der Waals surface area contributed by atoms with E-state index in [1.165, 1.54) is 0 Å². The van der Waals surface area contributed by atoms with E-state index in [-0.39, 0.29) is 23.7 Å². The van der Waals surface area contributed by atoms with E-state index in [9.17, 15) is 9.59 Å². The van der Waals surface area contributed by atoms with Crippen LogP contribution in [0.15, 0.2) is 22.7 Å².